The zero-order valence-electron chi connectivity index (χ0n) is 12.6. The van der Waals surface area contributed by atoms with Gasteiger partial charge in [-0.25, -0.2) is 0 Å². The van der Waals surface area contributed by atoms with Crippen molar-refractivity contribution in [1.82, 2.24) is 0 Å². The van der Waals surface area contributed by atoms with Crippen LogP contribution in [0.4, 0.5) is 5.69 Å². The Hall–Kier alpha value is -1.75. The number of ether oxygens (including phenoxy) is 2. The molecule has 0 fully saturated rings. The van der Waals surface area contributed by atoms with Crippen LogP contribution in [-0.4, -0.2) is 25.7 Å². The standard InChI is InChI=1S/C17H17Cl2NO3/c1-2-22-9-10-23-16-6-4-3-5-15(16)20-17(21)13-8-7-12(18)11-14(13)19/h3-8,11H,2,9-10H2,1H3,(H,20,21). The van der Waals surface area contributed by atoms with Crippen molar-refractivity contribution in [3.05, 3.63) is 58.1 Å². The molecular weight excluding hydrogens is 337 g/mol. The molecule has 2 aromatic carbocycles. The maximum absolute atomic E-state index is 12.4. The van der Waals surface area contributed by atoms with Crippen LogP contribution in [0, 0.1) is 0 Å². The first-order valence-electron chi connectivity index (χ1n) is 7.17. The number of hydrogen-bond donors (Lipinski definition) is 1. The van der Waals surface area contributed by atoms with E-state index in [1.54, 1.807) is 24.3 Å². The van der Waals surface area contributed by atoms with E-state index >= 15 is 0 Å². The number of halogens is 2. The Morgan fingerprint density at radius 1 is 1.13 bits per heavy atom. The highest BCUT2D eigenvalue weighted by Gasteiger charge is 2.13. The van der Waals surface area contributed by atoms with Crippen LogP contribution in [0.1, 0.15) is 17.3 Å². The van der Waals surface area contributed by atoms with E-state index < -0.39 is 0 Å². The minimum Gasteiger partial charge on any atom is -0.489 e. The molecule has 122 valence electrons. The van der Waals surface area contributed by atoms with Crippen LogP contribution < -0.4 is 10.1 Å². The number of hydrogen-bond acceptors (Lipinski definition) is 3. The highest BCUT2D eigenvalue weighted by atomic mass is 35.5. The van der Waals surface area contributed by atoms with Gasteiger partial charge in [0.1, 0.15) is 12.4 Å². The predicted octanol–water partition coefficient (Wildman–Crippen LogP) is 4.66. The summed E-state index contributed by atoms with van der Waals surface area (Å²) >= 11 is 11.9. The normalized spacial score (nSPS) is 10.4. The summed E-state index contributed by atoms with van der Waals surface area (Å²) in [5, 5.41) is 3.57. The van der Waals surface area contributed by atoms with Gasteiger partial charge in [-0.15, -0.1) is 0 Å². The molecule has 0 aliphatic heterocycles. The first-order chi connectivity index (χ1) is 11.1. The Bertz CT molecular complexity index is 677. The van der Waals surface area contributed by atoms with Gasteiger partial charge in [0.05, 0.1) is 22.9 Å². The molecule has 1 N–H and O–H groups in total. The molecule has 1 amide bonds. The monoisotopic (exact) mass is 353 g/mol. The zero-order chi connectivity index (χ0) is 16.7. The minimum atomic E-state index is -0.326. The molecule has 4 nitrogen and oxygen atoms in total. The van der Waals surface area contributed by atoms with Crippen molar-refractivity contribution in [3.63, 3.8) is 0 Å². The number of carbonyl (C=O) groups is 1. The molecule has 0 saturated carbocycles. The number of rotatable bonds is 7. The third-order valence-electron chi connectivity index (χ3n) is 3.00. The molecule has 0 aliphatic carbocycles. The van der Waals surface area contributed by atoms with Crippen molar-refractivity contribution >= 4 is 34.8 Å². The van der Waals surface area contributed by atoms with Gasteiger partial charge in [-0.2, -0.15) is 0 Å². The minimum absolute atomic E-state index is 0.296. The van der Waals surface area contributed by atoms with E-state index in [2.05, 4.69) is 5.32 Å². The Kier molecular flexibility index (Phi) is 6.71. The van der Waals surface area contributed by atoms with Gasteiger partial charge in [0.15, 0.2) is 0 Å². The van der Waals surface area contributed by atoms with Gasteiger partial charge in [-0.05, 0) is 37.3 Å². The van der Waals surface area contributed by atoms with Gasteiger partial charge >= 0.3 is 0 Å². The number of carbonyl (C=O) groups excluding carboxylic acids is 1. The third kappa shape index (κ3) is 5.13. The van der Waals surface area contributed by atoms with Crippen molar-refractivity contribution in [2.75, 3.05) is 25.1 Å². The predicted molar refractivity (Wildman–Crippen MR) is 92.8 cm³/mol. The molecule has 0 spiro atoms. The van der Waals surface area contributed by atoms with Crippen LogP contribution in [0.3, 0.4) is 0 Å². The van der Waals surface area contributed by atoms with Gasteiger partial charge in [0, 0.05) is 11.6 Å². The quantitative estimate of drug-likeness (QED) is 0.736. The highest BCUT2D eigenvalue weighted by molar-refractivity contribution is 6.37. The summed E-state index contributed by atoms with van der Waals surface area (Å²) in [4.78, 5) is 12.4. The molecule has 2 rings (SSSR count). The van der Waals surface area contributed by atoms with Crippen LogP contribution in [0.25, 0.3) is 0 Å². The lowest BCUT2D eigenvalue weighted by atomic mass is 10.2. The van der Waals surface area contributed by atoms with E-state index in [9.17, 15) is 4.79 Å². The van der Waals surface area contributed by atoms with Gasteiger partial charge in [-0.3, -0.25) is 4.79 Å². The second-order valence-corrected chi connectivity index (χ2v) is 5.46. The molecule has 0 atom stereocenters. The molecule has 0 saturated heterocycles. The van der Waals surface area contributed by atoms with Gasteiger partial charge in [0.25, 0.3) is 5.91 Å². The fourth-order valence-electron chi connectivity index (χ4n) is 1.91. The summed E-state index contributed by atoms with van der Waals surface area (Å²) in [6, 6.07) is 11.9. The Morgan fingerprint density at radius 2 is 1.91 bits per heavy atom. The first kappa shape index (κ1) is 17.6. The summed E-state index contributed by atoms with van der Waals surface area (Å²) < 4.78 is 10.9. The maximum atomic E-state index is 12.4. The number of anilines is 1. The van der Waals surface area contributed by atoms with Gasteiger partial charge in [-0.1, -0.05) is 35.3 Å². The molecule has 0 unspecified atom stereocenters. The fourth-order valence-corrected chi connectivity index (χ4v) is 2.41. The van der Waals surface area contributed by atoms with Gasteiger partial charge in [0.2, 0.25) is 0 Å². The lowest BCUT2D eigenvalue weighted by molar-refractivity contribution is 0.102. The molecule has 0 aromatic heterocycles. The topological polar surface area (TPSA) is 47.6 Å². The van der Waals surface area contributed by atoms with Crippen LogP contribution in [0.2, 0.25) is 10.0 Å². The SMILES string of the molecule is CCOCCOc1ccccc1NC(=O)c1ccc(Cl)cc1Cl. The second-order valence-electron chi connectivity index (χ2n) is 4.62. The molecular formula is C17H17Cl2NO3. The van der Waals surface area contributed by atoms with E-state index in [4.69, 9.17) is 32.7 Å². The third-order valence-corrected chi connectivity index (χ3v) is 3.55. The fraction of sp³-hybridized carbons (Fsp3) is 0.235. The largest absolute Gasteiger partial charge is 0.489 e. The molecule has 23 heavy (non-hydrogen) atoms. The Labute approximate surface area is 145 Å². The average Bonchev–Trinajstić information content (AvgIpc) is 2.53. The number of benzene rings is 2. The molecule has 6 heteroatoms. The van der Waals surface area contributed by atoms with Crippen molar-refractivity contribution in [2.24, 2.45) is 0 Å². The molecule has 0 heterocycles. The molecule has 2 aromatic rings. The van der Waals surface area contributed by atoms with E-state index in [1.807, 2.05) is 19.1 Å². The lowest BCUT2D eigenvalue weighted by Crippen LogP contribution is -2.14. The number of nitrogens with one attached hydrogen (secondary N) is 1. The maximum Gasteiger partial charge on any atom is 0.257 e. The van der Waals surface area contributed by atoms with Gasteiger partial charge < -0.3 is 14.8 Å². The van der Waals surface area contributed by atoms with E-state index in [1.165, 1.54) is 6.07 Å². The van der Waals surface area contributed by atoms with Crippen molar-refractivity contribution in [2.45, 2.75) is 6.92 Å². The van der Waals surface area contributed by atoms with E-state index in [0.29, 0.717) is 46.9 Å². The smallest absolute Gasteiger partial charge is 0.257 e. The van der Waals surface area contributed by atoms with Crippen molar-refractivity contribution < 1.29 is 14.3 Å². The van der Waals surface area contributed by atoms with Crippen molar-refractivity contribution in [3.8, 4) is 5.75 Å². The van der Waals surface area contributed by atoms with E-state index in [0.717, 1.165) is 0 Å². The van der Waals surface area contributed by atoms with Crippen LogP contribution >= 0.6 is 23.2 Å². The highest BCUT2D eigenvalue weighted by Crippen LogP contribution is 2.26. The zero-order valence-corrected chi connectivity index (χ0v) is 14.2. The molecule has 0 bridgehead atoms. The molecule has 0 radical (unpaired) electrons. The Balaban J connectivity index is 2.08. The van der Waals surface area contributed by atoms with Crippen molar-refractivity contribution in [1.29, 1.82) is 0 Å². The summed E-state index contributed by atoms with van der Waals surface area (Å²) in [7, 11) is 0. The summed E-state index contributed by atoms with van der Waals surface area (Å²) in [6.07, 6.45) is 0. The summed E-state index contributed by atoms with van der Waals surface area (Å²) in [6.45, 7) is 3.45. The number of para-hydroxylation sites is 2. The lowest BCUT2D eigenvalue weighted by Gasteiger charge is -2.13. The average molecular weight is 354 g/mol. The summed E-state index contributed by atoms with van der Waals surface area (Å²) in [5.74, 6) is 0.248. The Morgan fingerprint density at radius 3 is 2.65 bits per heavy atom. The van der Waals surface area contributed by atoms with E-state index in [-0.39, 0.29) is 5.91 Å². The van der Waals surface area contributed by atoms with Crippen LogP contribution in [0.15, 0.2) is 42.5 Å². The number of amides is 1. The summed E-state index contributed by atoms with van der Waals surface area (Å²) in [5.41, 5.74) is 0.917. The molecule has 0 aliphatic rings. The van der Waals surface area contributed by atoms with Crippen LogP contribution in [0.5, 0.6) is 5.75 Å². The van der Waals surface area contributed by atoms with Crippen LogP contribution in [-0.2, 0) is 4.74 Å². The first-order valence-corrected chi connectivity index (χ1v) is 7.93. The second kappa shape index (κ2) is 8.77.